The van der Waals surface area contributed by atoms with Crippen LogP contribution < -0.4 is 10.2 Å². The second-order valence-electron chi connectivity index (χ2n) is 6.63. The van der Waals surface area contributed by atoms with Gasteiger partial charge in [-0.25, -0.2) is 0 Å². The average Bonchev–Trinajstić information content (AvgIpc) is 3.13. The fourth-order valence-electron chi connectivity index (χ4n) is 3.40. The lowest BCUT2D eigenvalue weighted by molar-refractivity contribution is -0.126. The molecule has 2 saturated heterocycles. The van der Waals surface area contributed by atoms with Gasteiger partial charge in [-0.1, -0.05) is 6.07 Å². The van der Waals surface area contributed by atoms with E-state index in [4.69, 9.17) is 4.74 Å². The van der Waals surface area contributed by atoms with Crippen molar-refractivity contribution >= 4 is 17.5 Å². The van der Waals surface area contributed by atoms with Crippen molar-refractivity contribution < 1.29 is 14.3 Å². The number of nitrogens with zero attached hydrogens (tertiary/aromatic N) is 1. The first-order chi connectivity index (χ1) is 11.0. The molecule has 124 valence electrons. The molecular formula is C18H24N2O3. The minimum atomic E-state index is -0.273. The van der Waals surface area contributed by atoms with E-state index in [1.807, 2.05) is 26.0 Å². The Balaban J connectivity index is 1.61. The number of hydrogen-bond acceptors (Lipinski definition) is 3. The Morgan fingerprint density at radius 3 is 2.70 bits per heavy atom. The van der Waals surface area contributed by atoms with Gasteiger partial charge in [-0.15, -0.1) is 0 Å². The summed E-state index contributed by atoms with van der Waals surface area (Å²) in [6.45, 7) is 5.82. The molecule has 2 heterocycles. The Labute approximate surface area is 137 Å². The summed E-state index contributed by atoms with van der Waals surface area (Å²) in [5.41, 5.74) is 3.14. The molecule has 0 bridgehead atoms. The largest absolute Gasteiger partial charge is 0.376 e. The standard InChI is InChI=1S/C18H24N2O3/c1-12-6-13(2)8-15(7-12)20-11-14(9-17(20)21)18(22)19-10-16-4-3-5-23-16/h6-8,14,16H,3-5,9-11H2,1-2H3,(H,19,22)/t14-,16+/m1/s1. The Kier molecular flexibility index (Phi) is 4.66. The van der Waals surface area contributed by atoms with Crippen LogP contribution in [0.25, 0.3) is 0 Å². The summed E-state index contributed by atoms with van der Waals surface area (Å²) in [6.07, 6.45) is 2.47. The third kappa shape index (κ3) is 3.72. The Hall–Kier alpha value is -1.88. The van der Waals surface area contributed by atoms with E-state index in [2.05, 4.69) is 11.4 Å². The van der Waals surface area contributed by atoms with Crippen LogP contribution in [0, 0.1) is 19.8 Å². The van der Waals surface area contributed by atoms with Crippen LogP contribution in [0.1, 0.15) is 30.4 Å². The molecule has 0 aliphatic carbocycles. The summed E-state index contributed by atoms with van der Waals surface area (Å²) >= 11 is 0. The van der Waals surface area contributed by atoms with Gasteiger partial charge in [0.1, 0.15) is 0 Å². The lowest BCUT2D eigenvalue weighted by Crippen LogP contribution is -2.37. The van der Waals surface area contributed by atoms with Crippen LogP contribution in [0.5, 0.6) is 0 Å². The molecule has 2 aliphatic rings. The first kappa shape index (κ1) is 16.0. The van der Waals surface area contributed by atoms with Crippen LogP contribution in [0.3, 0.4) is 0 Å². The molecule has 0 aromatic heterocycles. The lowest BCUT2D eigenvalue weighted by atomic mass is 10.1. The molecule has 2 fully saturated rings. The van der Waals surface area contributed by atoms with E-state index in [-0.39, 0.29) is 30.3 Å². The Morgan fingerprint density at radius 1 is 1.30 bits per heavy atom. The number of ether oxygens (including phenoxy) is 1. The van der Waals surface area contributed by atoms with Gasteiger partial charge in [0, 0.05) is 31.8 Å². The number of nitrogens with one attached hydrogen (secondary N) is 1. The Bertz CT molecular complexity index is 588. The maximum absolute atomic E-state index is 12.3. The van der Waals surface area contributed by atoms with Crippen LogP contribution >= 0.6 is 0 Å². The molecule has 23 heavy (non-hydrogen) atoms. The van der Waals surface area contributed by atoms with Crippen molar-refractivity contribution in [2.24, 2.45) is 5.92 Å². The van der Waals surface area contributed by atoms with E-state index in [0.717, 1.165) is 36.3 Å². The number of carbonyl (C=O) groups excluding carboxylic acids is 2. The quantitative estimate of drug-likeness (QED) is 0.924. The smallest absolute Gasteiger partial charge is 0.227 e. The minimum absolute atomic E-state index is 0.0206. The molecule has 0 saturated carbocycles. The van der Waals surface area contributed by atoms with Crippen molar-refractivity contribution in [1.29, 1.82) is 0 Å². The first-order valence-electron chi connectivity index (χ1n) is 8.31. The predicted octanol–water partition coefficient (Wildman–Crippen LogP) is 1.95. The summed E-state index contributed by atoms with van der Waals surface area (Å²) in [5.74, 6) is -0.294. The van der Waals surface area contributed by atoms with Gasteiger partial charge in [-0.2, -0.15) is 0 Å². The van der Waals surface area contributed by atoms with E-state index < -0.39 is 0 Å². The molecule has 3 rings (SSSR count). The van der Waals surface area contributed by atoms with Gasteiger partial charge < -0.3 is 15.0 Å². The number of anilines is 1. The fourth-order valence-corrected chi connectivity index (χ4v) is 3.40. The fraction of sp³-hybridized carbons (Fsp3) is 0.556. The summed E-state index contributed by atoms with van der Waals surface area (Å²) in [4.78, 5) is 26.3. The number of amides is 2. The summed E-state index contributed by atoms with van der Waals surface area (Å²) in [5, 5.41) is 2.94. The second kappa shape index (κ2) is 6.71. The van der Waals surface area contributed by atoms with E-state index in [9.17, 15) is 9.59 Å². The summed E-state index contributed by atoms with van der Waals surface area (Å²) in [7, 11) is 0. The molecule has 1 N–H and O–H groups in total. The second-order valence-corrected chi connectivity index (χ2v) is 6.63. The van der Waals surface area contributed by atoms with Crippen LogP contribution in [0.4, 0.5) is 5.69 Å². The predicted molar refractivity (Wildman–Crippen MR) is 88.4 cm³/mol. The van der Waals surface area contributed by atoms with E-state index in [1.54, 1.807) is 4.90 Å². The van der Waals surface area contributed by atoms with Crippen LogP contribution in [0.2, 0.25) is 0 Å². The van der Waals surface area contributed by atoms with Crippen LogP contribution in [-0.4, -0.2) is 37.6 Å². The number of carbonyl (C=O) groups is 2. The Morgan fingerprint density at radius 2 is 2.04 bits per heavy atom. The van der Waals surface area contributed by atoms with Gasteiger partial charge in [0.2, 0.25) is 11.8 Å². The van der Waals surface area contributed by atoms with Gasteiger partial charge in [0.25, 0.3) is 0 Å². The van der Waals surface area contributed by atoms with Gasteiger partial charge in [0.05, 0.1) is 12.0 Å². The molecule has 1 aromatic rings. The third-order valence-electron chi connectivity index (χ3n) is 4.54. The zero-order valence-electron chi connectivity index (χ0n) is 13.8. The monoisotopic (exact) mass is 316 g/mol. The highest BCUT2D eigenvalue weighted by Gasteiger charge is 2.35. The molecular weight excluding hydrogens is 292 g/mol. The molecule has 2 aliphatic heterocycles. The van der Waals surface area contributed by atoms with Gasteiger partial charge in [-0.3, -0.25) is 9.59 Å². The van der Waals surface area contributed by atoms with Gasteiger partial charge >= 0.3 is 0 Å². The molecule has 1 aromatic carbocycles. The topological polar surface area (TPSA) is 58.6 Å². The molecule has 0 unspecified atom stereocenters. The molecule has 2 atom stereocenters. The third-order valence-corrected chi connectivity index (χ3v) is 4.54. The normalized spacial score (nSPS) is 24.3. The highest BCUT2D eigenvalue weighted by Crippen LogP contribution is 2.27. The van der Waals surface area contributed by atoms with Crippen molar-refractivity contribution in [1.82, 2.24) is 5.32 Å². The molecule has 0 spiro atoms. The van der Waals surface area contributed by atoms with Crippen molar-refractivity contribution in [2.45, 2.75) is 39.2 Å². The highest BCUT2D eigenvalue weighted by molar-refractivity contribution is 6.00. The van der Waals surface area contributed by atoms with Gasteiger partial charge in [0.15, 0.2) is 0 Å². The van der Waals surface area contributed by atoms with Crippen molar-refractivity contribution in [3.8, 4) is 0 Å². The summed E-state index contributed by atoms with van der Waals surface area (Å²) < 4.78 is 5.51. The number of benzene rings is 1. The lowest BCUT2D eigenvalue weighted by Gasteiger charge is -2.18. The highest BCUT2D eigenvalue weighted by atomic mass is 16.5. The minimum Gasteiger partial charge on any atom is -0.376 e. The van der Waals surface area contributed by atoms with Crippen molar-refractivity contribution in [2.75, 3.05) is 24.6 Å². The maximum Gasteiger partial charge on any atom is 0.227 e. The van der Waals surface area contributed by atoms with Crippen molar-refractivity contribution in [3.05, 3.63) is 29.3 Å². The van der Waals surface area contributed by atoms with Crippen molar-refractivity contribution in [3.63, 3.8) is 0 Å². The average molecular weight is 316 g/mol. The number of hydrogen-bond donors (Lipinski definition) is 1. The van der Waals surface area contributed by atoms with E-state index in [0.29, 0.717) is 13.1 Å². The molecule has 5 heteroatoms. The van der Waals surface area contributed by atoms with Crippen LogP contribution in [-0.2, 0) is 14.3 Å². The maximum atomic E-state index is 12.3. The first-order valence-corrected chi connectivity index (χ1v) is 8.31. The van der Waals surface area contributed by atoms with E-state index in [1.165, 1.54) is 0 Å². The van der Waals surface area contributed by atoms with E-state index >= 15 is 0 Å². The zero-order chi connectivity index (χ0) is 16.4. The molecule has 2 amide bonds. The molecule has 0 radical (unpaired) electrons. The van der Waals surface area contributed by atoms with Crippen LogP contribution in [0.15, 0.2) is 18.2 Å². The summed E-state index contributed by atoms with van der Waals surface area (Å²) in [6, 6.07) is 6.07. The number of rotatable bonds is 4. The number of aryl methyl sites for hydroxylation is 2. The zero-order valence-corrected chi connectivity index (χ0v) is 13.8. The van der Waals surface area contributed by atoms with Gasteiger partial charge in [-0.05, 0) is 49.9 Å². The SMILES string of the molecule is Cc1cc(C)cc(N2C[C@H](C(=O)NC[C@@H]3CCCO3)CC2=O)c1. The molecule has 5 nitrogen and oxygen atoms in total.